The van der Waals surface area contributed by atoms with E-state index in [2.05, 4.69) is 5.32 Å². The van der Waals surface area contributed by atoms with Gasteiger partial charge in [0.05, 0.1) is 6.04 Å². The van der Waals surface area contributed by atoms with Crippen LogP contribution in [0.2, 0.25) is 0 Å². The fourth-order valence-corrected chi connectivity index (χ4v) is 2.53. The Hall–Kier alpha value is -2.28. The van der Waals surface area contributed by atoms with E-state index < -0.39 is 17.8 Å². The number of rotatable bonds is 3. The molecule has 7 nitrogen and oxygen atoms in total. The molecule has 2 amide bonds. The number of amides is 2. The molecule has 3 N–H and O–H groups in total. The normalized spacial score (nSPS) is 20.7. The molecule has 0 bridgehead atoms. The Labute approximate surface area is 148 Å². The molecule has 25 heavy (non-hydrogen) atoms. The number of benzene rings is 1. The highest BCUT2D eigenvalue weighted by Gasteiger charge is 2.32. The SMILES string of the molecule is CC(C)(C)OC(=O)N1CCC(N)C(NC(=O)OCc2ccccc2)C1. The summed E-state index contributed by atoms with van der Waals surface area (Å²) in [6, 6.07) is 8.81. The van der Waals surface area contributed by atoms with Crippen molar-refractivity contribution in [3.05, 3.63) is 35.9 Å². The van der Waals surface area contributed by atoms with E-state index in [0.717, 1.165) is 5.56 Å². The molecular formula is C18H27N3O4. The average molecular weight is 349 g/mol. The molecule has 0 aliphatic carbocycles. The van der Waals surface area contributed by atoms with Crippen LogP contribution in [0.15, 0.2) is 30.3 Å². The lowest BCUT2D eigenvalue weighted by Gasteiger charge is -2.37. The van der Waals surface area contributed by atoms with Gasteiger partial charge in [-0.05, 0) is 32.8 Å². The van der Waals surface area contributed by atoms with E-state index in [1.165, 1.54) is 0 Å². The number of hydrogen-bond donors (Lipinski definition) is 2. The lowest BCUT2D eigenvalue weighted by molar-refractivity contribution is 0.0170. The Bertz CT molecular complexity index is 586. The van der Waals surface area contributed by atoms with Crippen LogP contribution in [-0.2, 0) is 16.1 Å². The molecule has 1 aromatic rings. The predicted octanol–water partition coefficient (Wildman–Crippen LogP) is 2.25. The first-order chi connectivity index (χ1) is 11.7. The van der Waals surface area contributed by atoms with Crippen LogP contribution in [0.4, 0.5) is 9.59 Å². The lowest BCUT2D eigenvalue weighted by atomic mass is 10.0. The quantitative estimate of drug-likeness (QED) is 0.873. The highest BCUT2D eigenvalue weighted by molar-refractivity contribution is 5.70. The Balaban J connectivity index is 1.84. The van der Waals surface area contributed by atoms with Crippen molar-refractivity contribution in [3.8, 4) is 0 Å². The summed E-state index contributed by atoms with van der Waals surface area (Å²) in [6.45, 7) is 6.44. The van der Waals surface area contributed by atoms with E-state index in [0.29, 0.717) is 19.5 Å². The minimum atomic E-state index is -0.561. The molecular weight excluding hydrogens is 322 g/mol. The maximum Gasteiger partial charge on any atom is 0.410 e. The summed E-state index contributed by atoms with van der Waals surface area (Å²) >= 11 is 0. The van der Waals surface area contributed by atoms with Crippen molar-refractivity contribution in [3.63, 3.8) is 0 Å². The third-order valence-electron chi connectivity index (χ3n) is 3.83. The number of likely N-dealkylation sites (tertiary alicyclic amines) is 1. The van der Waals surface area contributed by atoms with Crippen molar-refractivity contribution in [2.24, 2.45) is 5.73 Å². The van der Waals surface area contributed by atoms with E-state index in [1.54, 1.807) is 4.90 Å². The molecule has 7 heteroatoms. The van der Waals surface area contributed by atoms with Crippen molar-refractivity contribution in [1.82, 2.24) is 10.2 Å². The second-order valence-electron chi connectivity index (χ2n) is 7.19. The molecule has 0 spiro atoms. The van der Waals surface area contributed by atoms with E-state index in [4.69, 9.17) is 15.2 Å². The van der Waals surface area contributed by atoms with Crippen LogP contribution in [0.3, 0.4) is 0 Å². The van der Waals surface area contributed by atoms with Gasteiger partial charge < -0.3 is 25.4 Å². The molecule has 0 saturated carbocycles. The molecule has 1 saturated heterocycles. The van der Waals surface area contributed by atoms with Crippen LogP contribution in [0, 0.1) is 0 Å². The Morgan fingerprint density at radius 2 is 1.96 bits per heavy atom. The molecule has 0 radical (unpaired) electrons. The van der Waals surface area contributed by atoms with Gasteiger partial charge in [0.2, 0.25) is 0 Å². The summed E-state index contributed by atoms with van der Waals surface area (Å²) in [5.41, 5.74) is 6.42. The fraction of sp³-hybridized carbons (Fsp3) is 0.556. The van der Waals surface area contributed by atoms with Gasteiger partial charge in [-0.1, -0.05) is 30.3 Å². The zero-order valence-electron chi connectivity index (χ0n) is 15.0. The highest BCUT2D eigenvalue weighted by Crippen LogP contribution is 2.15. The number of nitrogens with two attached hydrogens (primary N) is 1. The van der Waals surface area contributed by atoms with Crippen molar-refractivity contribution in [2.45, 2.75) is 51.5 Å². The third kappa shape index (κ3) is 6.26. The van der Waals surface area contributed by atoms with Crippen molar-refractivity contribution < 1.29 is 19.1 Å². The predicted molar refractivity (Wildman–Crippen MR) is 94.0 cm³/mol. The van der Waals surface area contributed by atoms with Crippen molar-refractivity contribution >= 4 is 12.2 Å². The summed E-state index contributed by atoms with van der Waals surface area (Å²) in [4.78, 5) is 25.8. The molecule has 1 fully saturated rings. The van der Waals surface area contributed by atoms with Crippen molar-refractivity contribution in [1.29, 1.82) is 0 Å². The standard InChI is InChI=1S/C18H27N3O4/c1-18(2,3)25-17(23)21-10-9-14(19)15(11-21)20-16(22)24-12-13-7-5-4-6-8-13/h4-8,14-15H,9-12,19H2,1-3H3,(H,20,22). The van der Waals surface area contributed by atoms with E-state index in [-0.39, 0.29) is 18.7 Å². The smallest absolute Gasteiger partial charge is 0.410 e. The summed E-state index contributed by atoms with van der Waals surface area (Å²) in [7, 11) is 0. The van der Waals surface area contributed by atoms with Gasteiger partial charge >= 0.3 is 12.2 Å². The Kier molecular flexibility index (Phi) is 6.25. The second-order valence-corrected chi connectivity index (χ2v) is 7.19. The summed E-state index contributed by atoms with van der Waals surface area (Å²) in [5, 5.41) is 2.75. The average Bonchev–Trinajstić information content (AvgIpc) is 2.54. The van der Waals surface area contributed by atoms with Crippen LogP contribution < -0.4 is 11.1 Å². The number of piperidine rings is 1. The first kappa shape index (κ1) is 19.1. The maximum atomic E-state index is 12.2. The van der Waals surface area contributed by atoms with Gasteiger partial charge in [-0.25, -0.2) is 9.59 Å². The monoisotopic (exact) mass is 349 g/mol. The topological polar surface area (TPSA) is 93.9 Å². The van der Waals surface area contributed by atoms with Gasteiger partial charge in [0.15, 0.2) is 0 Å². The lowest BCUT2D eigenvalue weighted by Crippen LogP contribution is -2.59. The van der Waals surface area contributed by atoms with Crippen LogP contribution in [0.1, 0.15) is 32.8 Å². The number of carbonyl (C=O) groups excluding carboxylic acids is 2. The van der Waals surface area contributed by atoms with Gasteiger partial charge in [-0.2, -0.15) is 0 Å². The molecule has 1 heterocycles. The van der Waals surface area contributed by atoms with Gasteiger partial charge in [0.25, 0.3) is 0 Å². The Morgan fingerprint density at radius 1 is 1.28 bits per heavy atom. The summed E-state index contributed by atoms with van der Waals surface area (Å²) in [6.07, 6.45) is -0.359. The number of nitrogens with zero attached hydrogens (tertiary/aromatic N) is 1. The van der Waals surface area contributed by atoms with E-state index >= 15 is 0 Å². The summed E-state index contributed by atoms with van der Waals surface area (Å²) < 4.78 is 10.6. The number of nitrogens with one attached hydrogen (secondary N) is 1. The summed E-state index contributed by atoms with van der Waals surface area (Å²) in [5.74, 6) is 0. The Morgan fingerprint density at radius 3 is 2.60 bits per heavy atom. The van der Waals surface area contributed by atoms with Crippen LogP contribution in [0.25, 0.3) is 0 Å². The first-order valence-corrected chi connectivity index (χ1v) is 8.45. The van der Waals surface area contributed by atoms with E-state index in [9.17, 15) is 9.59 Å². The minimum absolute atomic E-state index is 0.185. The molecule has 138 valence electrons. The molecule has 2 atom stereocenters. The van der Waals surface area contributed by atoms with Gasteiger partial charge in [-0.15, -0.1) is 0 Å². The molecule has 2 unspecified atom stereocenters. The zero-order valence-corrected chi connectivity index (χ0v) is 15.0. The molecule has 0 aromatic heterocycles. The molecule has 2 rings (SSSR count). The fourth-order valence-electron chi connectivity index (χ4n) is 2.53. The van der Waals surface area contributed by atoms with Gasteiger partial charge in [0, 0.05) is 19.1 Å². The van der Waals surface area contributed by atoms with Crippen LogP contribution >= 0.6 is 0 Å². The molecule has 1 aromatic carbocycles. The largest absolute Gasteiger partial charge is 0.445 e. The number of alkyl carbamates (subject to hydrolysis) is 1. The third-order valence-corrected chi connectivity index (χ3v) is 3.83. The van der Waals surface area contributed by atoms with Gasteiger partial charge in [-0.3, -0.25) is 0 Å². The van der Waals surface area contributed by atoms with Crippen LogP contribution in [-0.4, -0.2) is 47.9 Å². The minimum Gasteiger partial charge on any atom is -0.445 e. The van der Waals surface area contributed by atoms with Crippen LogP contribution in [0.5, 0.6) is 0 Å². The molecule has 1 aliphatic heterocycles. The van der Waals surface area contributed by atoms with Gasteiger partial charge in [0.1, 0.15) is 12.2 Å². The number of carbonyl (C=O) groups is 2. The highest BCUT2D eigenvalue weighted by atomic mass is 16.6. The number of ether oxygens (including phenoxy) is 2. The first-order valence-electron chi connectivity index (χ1n) is 8.45. The number of hydrogen-bond acceptors (Lipinski definition) is 5. The second kappa shape index (κ2) is 8.20. The zero-order chi connectivity index (χ0) is 18.4. The molecule has 1 aliphatic rings. The maximum absolute atomic E-state index is 12.2. The van der Waals surface area contributed by atoms with E-state index in [1.807, 2.05) is 51.1 Å². The van der Waals surface area contributed by atoms with Crippen molar-refractivity contribution in [2.75, 3.05) is 13.1 Å².